The van der Waals surface area contributed by atoms with Gasteiger partial charge in [0.05, 0.1) is 11.4 Å². The van der Waals surface area contributed by atoms with E-state index in [1.54, 1.807) is 13.1 Å². The summed E-state index contributed by atoms with van der Waals surface area (Å²) in [5.41, 5.74) is 1.36. The molecule has 0 aliphatic rings. The predicted octanol–water partition coefficient (Wildman–Crippen LogP) is 2.50. The van der Waals surface area contributed by atoms with Gasteiger partial charge in [-0.3, -0.25) is 9.71 Å². The number of nitrogens with one attached hydrogen (secondary N) is 2. The van der Waals surface area contributed by atoms with Crippen molar-refractivity contribution in [3.05, 3.63) is 29.5 Å². The van der Waals surface area contributed by atoms with Gasteiger partial charge in [0.25, 0.3) is 10.0 Å². The smallest absolute Gasteiger partial charge is 0.267 e. The Kier molecular flexibility index (Phi) is 4.24. The van der Waals surface area contributed by atoms with Crippen molar-refractivity contribution >= 4 is 32.2 Å². The van der Waals surface area contributed by atoms with Crippen molar-refractivity contribution in [2.45, 2.75) is 24.7 Å². The van der Waals surface area contributed by atoms with Gasteiger partial charge in [-0.15, -0.1) is 11.3 Å². The van der Waals surface area contributed by atoms with E-state index < -0.39 is 10.0 Å². The van der Waals surface area contributed by atoms with Gasteiger partial charge in [-0.1, -0.05) is 13.8 Å². The van der Waals surface area contributed by atoms with Gasteiger partial charge in [-0.2, -0.15) is 0 Å². The van der Waals surface area contributed by atoms with Gasteiger partial charge in [0.15, 0.2) is 5.13 Å². The SMILES string of the molecule is CNc1ccncc1S(=O)(=O)Nc1nc(C(C)C)cs1. The van der Waals surface area contributed by atoms with E-state index in [9.17, 15) is 8.42 Å². The lowest BCUT2D eigenvalue weighted by Crippen LogP contribution is -2.15. The van der Waals surface area contributed by atoms with Gasteiger partial charge < -0.3 is 5.32 Å². The van der Waals surface area contributed by atoms with Gasteiger partial charge in [0, 0.05) is 24.8 Å². The fourth-order valence-corrected chi connectivity index (χ4v) is 3.85. The van der Waals surface area contributed by atoms with Crippen LogP contribution in [0.5, 0.6) is 0 Å². The number of sulfonamides is 1. The second kappa shape index (κ2) is 5.76. The van der Waals surface area contributed by atoms with E-state index >= 15 is 0 Å². The minimum atomic E-state index is -3.70. The van der Waals surface area contributed by atoms with Crippen LogP contribution in [0.2, 0.25) is 0 Å². The second-order valence-corrected chi connectivity index (χ2v) is 6.97. The summed E-state index contributed by atoms with van der Waals surface area (Å²) in [6.45, 7) is 4.01. The topological polar surface area (TPSA) is 84.0 Å². The Morgan fingerprint density at radius 2 is 2.10 bits per heavy atom. The van der Waals surface area contributed by atoms with E-state index in [1.165, 1.54) is 23.7 Å². The maximum Gasteiger partial charge on any atom is 0.267 e. The zero-order valence-corrected chi connectivity index (χ0v) is 13.0. The van der Waals surface area contributed by atoms with Crippen LogP contribution in [-0.2, 0) is 10.0 Å². The summed E-state index contributed by atoms with van der Waals surface area (Å²) >= 11 is 1.27. The van der Waals surface area contributed by atoms with Crippen LogP contribution in [0.4, 0.5) is 10.8 Å². The average Bonchev–Trinajstić information content (AvgIpc) is 2.86. The third-order valence-electron chi connectivity index (χ3n) is 2.68. The Hall–Kier alpha value is -1.67. The van der Waals surface area contributed by atoms with Crippen LogP contribution in [0, 0.1) is 0 Å². The molecule has 2 aromatic heterocycles. The lowest BCUT2D eigenvalue weighted by atomic mass is 10.2. The van der Waals surface area contributed by atoms with Crippen molar-refractivity contribution in [3.8, 4) is 0 Å². The summed E-state index contributed by atoms with van der Waals surface area (Å²) in [6.07, 6.45) is 2.84. The highest BCUT2D eigenvalue weighted by molar-refractivity contribution is 7.93. The monoisotopic (exact) mass is 312 g/mol. The number of hydrogen-bond acceptors (Lipinski definition) is 6. The summed E-state index contributed by atoms with van der Waals surface area (Å²) in [4.78, 5) is 8.22. The van der Waals surface area contributed by atoms with Crippen LogP contribution in [-0.4, -0.2) is 25.4 Å². The quantitative estimate of drug-likeness (QED) is 0.886. The molecule has 0 radical (unpaired) electrons. The van der Waals surface area contributed by atoms with Gasteiger partial charge in [-0.05, 0) is 12.0 Å². The Balaban J connectivity index is 2.31. The lowest BCUT2D eigenvalue weighted by molar-refractivity contribution is 0.601. The van der Waals surface area contributed by atoms with Crippen molar-refractivity contribution < 1.29 is 8.42 Å². The molecule has 0 bridgehead atoms. The third kappa shape index (κ3) is 3.07. The minimum absolute atomic E-state index is 0.101. The number of hydrogen-bond donors (Lipinski definition) is 2. The van der Waals surface area contributed by atoms with E-state index in [-0.39, 0.29) is 10.8 Å². The Morgan fingerprint density at radius 1 is 1.35 bits per heavy atom. The van der Waals surface area contributed by atoms with Crippen LogP contribution in [0.1, 0.15) is 25.5 Å². The molecule has 20 heavy (non-hydrogen) atoms. The molecule has 0 amide bonds. The van der Waals surface area contributed by atoms with Crippen LogP contribution in [0.25, 0.3) is 0 Å². The summed E-state index contributed by atoms with van der Waals surface area (Å²) in [7, 11) is -2.03. The Labute approximate surface area is 122 Å². The minimum Gasteiger partial charge on any atom is -0.387 e. The molecule has 0 saturated carbocycles. The first-order valence-corrected chi connectivity index (χ1v) is 8.40. The molecular formula is C12H16N4O2S2. The molecule has 0 aliphatic heterocycles. The highest BCUT2D eigenvalue weighted by Crippen LogP contribution is 2.26. The summed E-state index contributed by atoms with van der Waals surface area (Å²) in [6, 6.07) is 1.61. The van der Waals surface area contributed by atoms with Crippen molar-refractivity contribution in [3.63, 3.8) is 0 Å². The number of anilines is 2. The first-order valence-electron chi connectivity index (χ1n) is 6.04. The maximum absolute atomic E-state index is 12.3. The zero-order chi connectivity index (χ0) is 14.8. The number of aromatic nitrogens is 2. The Morgan fingerprint density at radius 3 is 2.70 bits per heavy atom. The van der Waals surface area contributed by atoms with Gasteiger partial charge in [-0.25, -0.2) is 13.4 Å². The number of thiazole rings is 1. The first kappa shape index (κ1) is 14.7. The zero-order valence-electron chi connectivity index (χ0n) is 11.4. The summed E-state index contributed by atoms with van der Waals surface area (Å²) < 4.78 is 27.2. The van der Waals surface area contributed by atoms with E-state index in [2.05, 4.69) is 20.0 Å². The van der Waals surface area contributed by atoms with E-state index in [0.29, 0.717) is 10.8 Å². The van der Waals surface area contributed by atoms with Crippen LogP contribution < -0.4 is 10.0 Å². The fraction of sp³-hybridized carbons (Fsp3) is 0.333. The number of nitrogens with zero attached hydrogens (tertiary/aromatic N) is 2. The first-order chi connectivity index (χ1) is 9.44. The molecule has 108 valence electrons. The van der Waals surface area contributed by atoms with Gasteiger partial charge >= 0.3 is 0 Å². The van der Waals surface area contributed by atoms with Crippen LogP contribution in [0.15, 0.2) is 28.7 Å². The largest absolute Gasteiger partial charge is 0.387 e. The average molecular weight is 312 g/mol. The van der Waals surface area contributed by atoms with Crippen LogP contribution in [0.3, 0.4) is 0 Å². The lowest BCUT2D eigenvalue weighted by Gasteiger charge is -2.09. The molecule has 8 heteroatoms. The second-order valence-electron chi connectivity index (χ2n) is 4.46. The summed E-state index contributed by atoms with van der Waals surface area (Å²) in [5.74, 6) is 0.260. The predicted molar refractivity (Wildman–Crippen MR) is 80.8 cm³/mol. The van der Waals surface area contributed by atoms with Crippen LogP contribution >= 0.6 is 11.3 Å². The normalized spacial score (nSPS) is 11.6. The Bertz CT molecular complexity index is 695. The standard InChI is InChI=1S/C12H16N4O2S2/c1-8(2)10-7-19-12(15-10)16-20(17,18)11-6-14-5-4-9(11)13-3/h4-8H,1-3H3,(H,13,14)(H,15,16). The number of rotatable bonds is 5. The van der Waals surface area contributed by atoms with E-state index in [4.69, 9.17) is 0 Å². The molecule has 0 fully saturated rings. The van der Waals surface area contributed by atoms with E-state index in [1.807, 2.05) is 19.2 Å². The molecule has 0 spiro atoms. The highest BCUT2D eigenvalue weighted by atomic mass is 32.2. The maximum atomic E-state index is 12.3. The van der Waals surface area contributed by atoms with Crippen molar-refractivity contribution in [1.29, 1.82) is 0 Å². The van der Waals surface area contributed by atoms with Gasteiger partial charge in [0.2, 0.25) is 0 Å². The molecular weight excluding hydrogens is 296 g/mol. The molecule has 0 atom stereocenters. The van der Waals surface area contributed by atoms with E-state index in [0.717, 1.165) is 5.69 Å². The molecule has 2 rings (SSSR count). The molecule has 2 N–H and O–H groups in total. The molecule has 2 aromatic rings. The molecule has 0 saturated heterocycles. The number of pyridine rings is 1. The third-order valence-corrected chi connectivity index (χ3v) is 4.95. The van der Waals surface area contributed by atoms with Crippen molar-refractivity contribution in [2.24, 2.45) is 0 Å². The fourth-order valence-electron chi connectivity index (χ4n) is 1.57. The molecule has 6 nitrogen and oxygen atoms in total. The molecule has 0 aliphatic carbocycles. The molecule has 0 aromatic carbocycles. The van der Waals surface area contributed by atoms with Crippen molar-refractivity contribution in [1.82, 2.24) is 9.97 Å². The molecule has 2 heterocycles. The highest BCUT2D eigenvalue weighted by Gasteiger charge is 2.20. The molecule has 0 unspecified atom stereocenters. The summed E-state index contributed by atoms with van der Waals surface area (Å²) in [5, 5.41) is 5.05. The van der Waals surface area contributed by atoms with Crippen molar-refractivity contribution in [2.75, 3.05) is 17.1 Å². The van der Waals surface area contributed by atoms with Gasteiger partial charge in [0.1, 0.15) is 4.90 Å².